The Morgan fingerprint density at radius 2 is 1.87 bits per heavy atom. The molecule has 0 aliphatic carbocycles. The van der Waals surface area contributed by atoms with E-state index in [0.717, 1.165) is 16.9 Å². The predicted octanol–water partition coefficient (Wildman–Crippen LogP) is 2.98. The van der Waals surface area contributed by atoms with Crippen molar-refractivity contribution < 1.29 is 23.8 Å². The number of ether oxygens (including phenoxy) is 3. The molecule has 0 bridgehead atoms. The molecule has 0 radical (unpaired) electrons. The van der Waals surface area contributed by atoms with Crippen LogP contribution in [-0.2, 0) is 16.1 Å². The predicted molar refractivity (Wildman–Crippen MR) is 83.2 cm³/mol. The summed E-state index contributed by atoms with van der Waals surface area (Å²) in [5.41, 5.74) is 2.08. The number of methoxy groups -OCH3 is 1. The van der Waals surface area contributed by atoms with Crippen LogP contribution >= 0.6 is 0 Å². The molecule has 0 spiro atoms. The van der Waals surface area contributed by atoms with Crippen molar-refractivity contribution >= 4 is 18.0 Å². The molecule has 116 valence electrons. The molecule has 0 amide bonds. The molecule has 0 unspecified atom stereocenters. The van der Waals surface area contributed by atoms with Crippen molar-refractivity contribution in [2.75, 3.05) is 7.11 Å². The lowest BCUT2D eigenvalue weighted by Crippen LogP contribution is -2.04. The van der Waals surface area contributed by atoms with Gasteiger partial charge in [-0.05, 0) is 35.9 Å². The number of rotatable bonds is 4. The first-order valence-corrected chi connectivity index (χ1v) is 7.00. The van der Waals surface area contributed by atoms with Crippen LogP contribution in [0.2, 0.25) is 0 Å². The molecule has 1 aliphatic rings. The van der Waals surface area contributed by atoms with Crippen LogP contribution in [-0.4, -0.2) is 19.0 Å². The molecule has 23 heavy (non-hydrogen) atoms. The minimum absolute atomic E-state index is 0.264. The highest BCUT2D eigenvalue weighted by atomic mass is 16.5. The van der Waals surface area contributed by atoms with Gasteiger partial charge in [0.25, 0.3) is 0 Å². The molecular weight excluding hydrogens is 296 g/mol. The fourth-order valence-electron chi connectivity index (χ4n) is 2.19. The summed E-state index contributed by atoms with van der Waals surface area (Å²) in [6.07, 6.45) is 2.97. The lowest BCUT2D eigenvalue weighted by molar-refractivity contribution is -0.128. The maximum absolute atomic E-state index is 11.8. The lowest BCUT2D eigenvalue weighted by Gasteiger charge is -2.02. The van der Waals surface area contributed by atoms with E-state index in [1.54, 1.807) is 37.5 Å². The second-order valence-electron chi connectivity index (χ2n) is 4.92. The maximum atomic E-state index is 11.8. The van der Waals surface area contributed by atoms with Gasteiger partial charge >= 0.3 is 11.9 Å². The molecule has 2 aromatic carbocycles. The highest BCUT2D eigenvalue weighted by Crippen LogP contribution is 2.24. The van der Waals surface area contributed by atoms with E-state index in [0.29, 0.717) is 11.3 Å². The minimum atomic E-state index is -0.521. The zero-order valence-electron chi connectivity index (χ0n) is 12.4. The second kappa shape index (κ2) is 6.36. The van der Waals surface area contributed by atoms with Crippen molar-refractivity contribution in [1.29, 1.82) is 0 Å². The molecule has 1 heterocycles. The molecule has 2 aromatic rings. The van der Waals surface area contributed by atoms with Gasteiger partial charge in [0.05, 0.1) is 12.7 Å². The van der Waals surface area contributed by atoms with Crippen LogP contribution in [0.3, 0.4) is 0 Å². The van der Waals surface area contributed by atoms with E-state index in [1.165, 1.54) is 12.1 Å². The highest BCUT2D eigenvalue weighted by molar-refractivity contribution is 5.94. The van der Waals surface area contributed by atoms with Gasteiger partial charge in [-0.1, -0.05) is 18.2 Å². The molecule has 0 atom stereocenters. The number of cyclic esters (lactones) is 1. The summed E-state index contributed by atoms with van der Waals surface area (Å²) < 4.78 is 15.2. The number of hydrogen-bond donors (Lipinski definition) is 0. The monoisotopic (exact) mass is 310 g/mol. The zero-order valence-corrected chi connectivity index (χ0v) is 12.4. The van der Waals surface area contributed by atoms with Crippen molar-refractivity contribution in [1.82, 2.24) is 0 Å². The zero-order chi connectivity index (χ0) is 16.2. The Balaban J connectivity index is 1.66. The third-order valence-corrected chi connectivity index (χ3v) is 3.41. The van der Waals surface area contributed by atoms with Crippen LogP contribution in [0.1, 0.15) is 21.5 Å². The summed E-state index contributed by atoms with van der Waals surface area (Å²) in [5.74, 6) is 0.139. The Morgan fingerprint density at radius 3 is 2.61 bits per heavy atom. The van der Waals surface area contributed by atoms with Crippen LogP contribution in [0, 0.1) is 0 Å². The van der Waals surface area contributed by atoms with Gasteiger partial charge in [0.1, 0.15) is 18.1 Å². The SMILES string of the molecule is COc1ccc(/C=C/C(=O)Oc2ccc3c(c2)C(=O)OC3)cc1. The number of hydrogen-bond acceptors (Lipinski definition) is 5. The molecule has 0 N–H and O–H groups in total. The first kappa shape index (κ1) is 14.8. The average molecular weight is 310 g/mol. The van der Waals surface area contributed by atoms with Crippen molar-refractivity contribution in [3.05, 3.63) is 65.2 Å². The fourth-order valence-corrected chi connectivity index (χ4v) is 2.19. The first-order chi connectivity index (χ1) is 11.2. The van der Waals surface area contributed by atoms with Gasteiger partial charge in [-0.15, -0.1) is 0 Å². The van der Waals surface area contributed by atoms with Crippen molar-refractivity contribution in [2.24, 2.45) is 0 Å². The third kappa shape index (κ3) is 3.40. The van der Waals surface area contributed by atoms with Gasteiger partial charge in [0, 0.05) is 11.6 Å². The van der Waals surface area contributed by atoms with Gasteiger partial charge < -0.3 is 14.2 Å². The third-order valence-electron chi connectivity index (χ3n) is 3.41. The van der Waals surface area contributed by atoms with E-state index in [2.05, 4.69) is 0 Å². The standard InChI is InChI=1S/C18H14O5/c1-21-14-6-2-12(3-7-14)4-9-17(19)23-15-8-5-13-11-22-18(20)16(13)10-15/h2-10H,11H2,1H3/b9-4+. The Labute approximate surface area is 133 Å². The molecule has 0 aromatic heterocycles. The fraction of sp³-hybridized carbons (Fsp3) is 0.111. The normalized spacial score (nSPS) is 12.8. The van der Waals surface area contributed by atoms with E-state index in [1.807, 2.05) is 12.1 Å². The molecule has 1 aliphatic heterocycles. The number of carbonyl (C=O) groups excluding carboxylic acids is 2. The Hall–Kier alpha value is -3.08. The summed E-state index contributed by atoms with van der Waals surface area (Å²) in [6.45, 7) is 0.264. The van der Waals surface area contributed by atoms with E-state index in [-0.39, 0.29) is 6.61 Å². The molecule has 5 nitrogen and oxygen atoms in total. The van der Waals surface area contributed by atoms with Gasteiger partial charge in [-0.2, -0.15) is 0 Å². The summed E-state index contributed by atoms with van der Waals surface area (Å²) in [4.78, 5) is 23.3. The molecule has 0 saturated heterocycles. The van der Waals surface area contributed by atoms with Gasteiger partial charge in [-0.25, -0.2) is 9.59 Å². The average Bonchev–Trinajstić information content (AvgIpc) is 2.94. The van der Waals surface area contributed by atoms with Gasteiger partial charge in [0.15, 0.2) is 0 Å². The van der Waals surface area contributed by atoms with E-state index in [9.17, 15) is 9.59 Å². The number of carbonyl (C=O) groups is 2. The van der Waals surface area contributed by atoms with Crippen LogP contribution in [0.4, 0.5) is 0 Å². The van der Waals surface area contributed by atoms with E-state index in [4.69, 9.17) is 14.2 Å². The van der Waals surface area contributed by atoms with Crippen molar-refractivity contribution in [2.45, 2.75) is 6.61 Å². The van der Waals surface area contributed by atoms with Gasteiger partial charge in [0.2, 0.25) is 0 Å². The maximum Gasteiger partial charge on any atom is 0.339 e. The topological polar surface area (TPSA) is 61.8 Å². The number of esters is 2. The summed E-state index contributed by atoms with van der Waals surface area (Å²) in [7, 11) is 1.59. The Bertz CT molecular complexity index is 774. The smallest absolute Gasteiger partial charge is 0.339 e. The van der Waals surface area contributed by atoms with Gasteiger partial charge in [-0.3, -0.25) is 0 Å². The summed E-state index contributed by atoms with van der Waals surface area (Å²) in [5, 5.41) is 0. The van der Waals surface area contributed by atoms with E-state index >= 15 is 0 Å². The Morgan fingerprint density at radius 1 is 1.13 bits per heavy atom. The second-order valence-corrected chi connectivity index (χ2v) is 4.92. The quantitative estimate of drug-likeness (QED) is 0.493. The minimum Gasteiger partial charge on any atom is -0.497 e. The number of fused-ring (bicyclic) bond motifs is 1. The highest BCUT2D eigenvalue weighted by Gasteiger charge is 2.21. The van der Waals surface area contributed by atoms with Crippen molar-refractivity contribution in [3.8, 4) is 11.5 Å². The van der Waals surface area contributed by atoms with Crippen LogP contribution < -0.4 is 9.47 Å². The van der Waals surface area contributed by atoms with Crippen LogP contribution in [0.25, 0.3) is 6.08 Å². The largest absolute Gasteiger partial charge is 0.497 e. The molecule has 3 rings (SSSR count). The van der Waals surface area contributed by atoms with Crippen molar-refractivity contribution in [3.63, 3.8) is 0 Å². The van der Waals surface area contributed by atoms with Crippen LogP contribution in [0.15, 0.2) is 48.5 Å². The van der Waals surface area contributed by atoms with E-state index < -0.39 is 11.9 Å². The Kier molecular flexibility index (Phi) is 4.10. The molecule has 0 saturated carbocycles. The number of benzene rings is 2. The summed E-state index contributed by atoms with van der Waals surface area (Å²) >= 11 is 0. The lowest BCUT2D eigenvalue weighted by atomic mass is 10.1. The van der Waals surface area contributed by atoms with Crippen LogP contribution in [0.5, 0.6) is 11.5 Å². The first-order valence-electron chi connectivity index (χ1n) is 7.00. The molecular formula is C18H14O5. The summed E-state index contributed by atoms with van der Waals surface area (Å²) in [6, 6.07) is 12.1. The molecule has 0 fully saturated rings. The molecule has 5 heteroatoms.